The predicted molar refractivity (Wildman–Crippen MR) is 102 cm³/mol. The van der Waals surface area contributed by atoms with Gasteiger partial charge in [0.15, 0.2) is 11.7 Å². The predicted octanol–water partition coefficient (Wildman–Crippen LogP) is 3.93. The van der Waals surface area contributed by atoms with Gasteiger partial charge in [-0.25, -0.2) is 9.37 Å². The van der Waals surface area contributed by atoms with E-state index >= 15 is 0 Å². The monoisotopic (exact) mass is 385 g/mol. The summed E-state index contributed by atoms with van der Waals surface area (Å²) < 4.78 is 18.3. The number of amides is 2. The Kier molecular flexibility index (Phi) is 5.77. The molecule has 0 aliphatic heterocycles. The van der Waals surface area contributed by atoms with Gasteiger partial charge in [-0.1, -0.05) is 18.2 Å². The van der Waals surface area contributed by atoms with E-state index in [2.05, 4.69) is 15.6 Å². The third-order valence-electron chi connectivity index (χ3n) is 3.42. The highest BCUT2D eigenvalue weighted by Gasteiger charge is 2.09. The SMILES string of the molecule is CC(=O)Nc1ccc(-c2csc(NC(=O)COc3cccc(F)c3)n2)cc1. The number of nitrogens with zero attached hydrogens (tertiary/aromatic N) is 1. The molecule has 2 aromatic carbocycles. The van der Waals surface area contributed by atoms with E-state index in [1.54, 1.807) is 18.2 Å². The Bertz CT molecular complexity index is 957. The quantitative estimate of drug-likeness (QED) is 0.674. The third-order valence-corrected chi connectivity index (χ3v) is 4.18. The number of rotatable bonds is 6. The molecule has 0 aliphatic carbocycles. The summed E-state index contributed by atoms with van der Waals surface area (Å²) in [5.41, 5.74) is 2.26. The molecule has 2 amide bonds. The van der Waals surface area contributed by atoms with Gasteiger partial charge in [0.05, 0.1) is 5.69 Å². The first-order chi connectivity index (χ1) is 13.0. The van der Waals surface area contributed by atoms with Gasteiger partial charge in [-0.2, -0.15) is 0 Å². The van der Waals surface area contributed by atoms with Crippen LogP contribution in [0.5, 0.6) is 5.75 Å². The van der Waals surface area contributed by atoms with Crippen molar-refractivity contribution in [3.8, 4) is 17.0 Å². The minimum absolute atomic E-state index is 0.137. The standard InChI is InChI=1S/C19H16FN3O3S/c1-12(24)21-15-7-5-13(6-8-15)17-11-27-19(22-17)23-18(25)10-26-16-4-2-3-14(20)9-16/h2-9,11H,10H2,1H3,(H,21,24)(H,22,23,25). The van der Waals surface area contributed by atoms with E-state index in [-0.39, 0.29) is 24.2 Å². The van der Waals surface area contributed by atoms with Crippen molar-refractivity contribution in [3.63, 3.8) is 0 Å². The van der Waals surface area contributed by atoms with Gasteiger partial charge in [0.2, 0.25) is 5.91 Å². The molecule has 0 radical (unpaired) electrons. The van der Waals surface area contributed by atoms with Crippen LogP contribution in [0.2, 0.25) is 0 Å². The smallest absolute Gasteiger partial charge is 0.264 e. The topological polar surface area (TPSA) is 80.3 Å². The Morgan fingerprint density at radius 3 is 2.63 bits per heavy atom. The number of hydrogen-bond donors (Lipinski definition) is 2. The van der Waals surface area contributed by atoms with E-state index in [4.69, 9.17) is 4.74 Å². The number of benzene rings is 2. The van der Waals surface area contributed by atoms with Gasteiger partial charge in [-0.05, 0) is 24.3 Å². The van der Waals surface area contributed by atoms with Crippen LogP contribution in [0, 0.1) is 5.82 Å². The molecule has 2 N–H and O–H groups in total. The normalized spacial score (nSPS) is 10.3. The van der Waals surface area contributed by atoms with Crippen LogP contribution in [0.15, 0.2) is 53.9 Å². The Balaban J connectivity index is 1.57. The largest absolute Gasteiger partial charge is 0.484 e. The second kappa shape index (κ2) is 8.41. The van der Waals surface area contributed by atoms with E-state index in [1.165, 1.54) is 36.5 Å². The summed E-state index contributed by atoms with van der Waals surface area (Å²) in [5.74, 6) is -0.672. The highest BCUT2D eigenvalue weighted by Crippen LogP contribution is 2.26. The Morgan fingerprint density at radius 1 is 1.15 bits per heavy atom. The molecular weight excluding hydrogens is 369 g/mol. The summed E-state index contributed by atoms with van der Waals surface area (Å²) >= 11 is 1.28. The average molecular weight is 385 g/mol. The summed E-state index contributed by atoms with van der Waals surface area (Å²) in [6.07, 6.45) is 0. The van der Waals surface area contributed by atoms with Crippen molar-refractivity contribution in [2.75, 3.05) is 17.2 Å². The minimum Gasteiger partial charge on any atom is -0.484 e. The fourth-order valence-corrected chi connectivity index (χ4v) is 2.99. The first-order valence-electron chi connectivity index (χ1n) is 8.01. The zero-order valence-corrected chi connectivity index (χ0v) is 15.2. The number of thiazole rings is 1. The highest BCUT2D eigenvalue weighted by molar-refractivity contribution is 7.14. The molecule has 0 spiro atoms. The van der Waals surface area contributed by atoms with Crippen LogP contribution in [-0.2, 0) is 9.59 Å². The van der Waals surface area contributed by atoms with E-state index in [0.717, 1.165) is 5.56 Å². The van der Waals surface area contributed by atoms with E-state index in [0.29, 0.717) is 16.5 Å². The summed E-state index contributed by atoms with van der Waals surface area (Å²) in [6.45, 7) is 1.20. The summed E-state index contributed by atoms with van der Waals surface area (Å²) in [7, 11) is 0. The highest BCUT2D eigenvalue weighted by atomic mass is 32.1. The molecular formula is C19H16FN3O3S. The molecule has 3 aromatic rings. The number of nitrogens with one attached hydrogen (secondary N) is 2. The van der Waals surface area contributed by atoms with Gasteiger partial charge in [-0.15, -0.1) is 11.3 Å². The molecule has 0 saturated heterocycles. The minimum atomic E-state index is -0.429. The van der Waals surface area contributed by atoms with Crippen LogP contribution >= 0.6 is 11.3 Å². The third kappa shape index (κ3) is 5.35. The maximum absolute atomic E-state index is 13.1. The van der Waals surface area contributed by atoms with E-state index in [1.807, 2.05) is 17.5 Å². The summed E-state index contributed by atoms with van der Waals surface area (Å²) in [6, 6.07) is 12.8. The number of ether oxygens (including phenoxy) is 1. The molecule has 3 rings (SSSR count). The molecule has 27 heavy (non-hydrogen) atoms. The summed E-state index contributed by atoms with van der Waals surface area (Å²) in [5, 5.41) is 7.59. The summed E-state index contributed by atoms with van der Waals surface area (Å²) in [4.78, 5) is 27.4. The van der Waals surface area contributed by atoms with Gasteiger partial charge in [0.1, 0.15) is 11.6 Å². The fourth-order valence-electron chi connectivity index (χ4n) is 2.25. The van der Waals surface area contributed by atoms with Crippen molar-refractivity contribution in [3.05, 3.63) is 59.7 Å². The maximum Gasteiger partial charge on any atom is 0.264 e. The Labute approximate surface area is 159 Å². The van der Waals surface area contributed by atoms with Crippen LogP contribution in [0.3, 0.4) is 0 Å². The van der Waals surface area contributed by atoms with Crippen LogP contribution < -0.4 is 15.4 Å². The van der Waals surface area contributed by atoms with Crippen LogP contribution in [-0.4, -0.2) is 23.4 Å². The molecule has 8 heteroatoms. The Morgan fingerprint density at radius 2 is 1.93 bits per heavy atom. The van der Waals surface area contributed by atoms with Crippen LogP contribution in [0.1, 0.15) is 6.92 Å². The van der Waals surface area contributed by atoms with Crippen LogP contribution in [0.4, 0.5) is 15.2 Å². The number of anilines is 2. The lowest BCUT2D eigenvalue weighted by Crippen LogP contribution is -2.20. The molecule has 138 valence electrons. The second-order valence-electron chi connectivity index (χ2n) is 5.59. The number of hydrogen-bond acceptors (Lipinski definition) is 5. The van der Waals surface area contributed by atoms with Crippen molar-refractivity contribution >= 4 is 34.0 Å². The lowest BCUT2D eigenvalue weighted by molar-refractivity contribution is -0.118. The van der Waals surface area contributed by atoms with Gasteiger partial charge < -0.3 is 10.1 Å². The fraction of sp³-hybridized carbons (Fsp3) is 0.105. The Hall–Kier alpha value is -3.26. The van der Waals surface area contributed by atoms with Crippen molar-refractivity contribution < 1.29 is 18.7 Å². The molecule has 0 unspecified atom stereocenters. The number of halogens is 1. The zero-order chi connectivity index (χ0) is 19.2. The molecule has 1 aromatic heterocycles. The van der Waals surface area contributed by atoms with Gasteiger partial charge >= 0.3 is 0 Å². The number of aromatic nitrogens is 1. The molecule has 0 bridgehead atoms. The van der Waals surface area contributed by atoms with E-state index < -0.39 is 5.82 Å². The second-order valence-corrected chi connectivity index (χ2v) is 6.45. The molecule has 0 saturated carbocycles. The first-order valence-corrected chi connectivity index (χ1v) is 8.89. The van der Waals surface area contributed by atoms with Gasteiger partial charge in [-0.3, -0.25) is 14.9 Å². The molecule has 6 nitrogen and oxygen atoms in total. The molecule has 0 fully saturated rings. The molecule has 0 atom stereocenters. The molecule has 0 aliphatic rings. The van der Waals surface area contributed by atoms with Crippen molar-refractivity contribution in [2.24, 2.45) is 0 Å². The van der Waals surface area contributed by atoms with Crippen molar-refractivity contribution in [1.82, 2.24) is 4.98 Å². The average Bonchev–Trinajstić information content (AvgIpc) is 3.08. The lowest BCUT2D eigenvalue weighted by atomic mass is 10.1. The van der Waals surface area contributed by atoms with Crippen molar-refractivity contribution in [1.29, 1.82) is 0 Å². The van der Waals surface area contributed by atoms with Crippen LogP contribution in [0.25, 0.3) is 11.3 Å². The number of carbonyl (C=O) groups excluding carboxylic acids is 2. The first kappa shape index (κ1) is 18.5. The van der Waals surface area contributed by atoms with Crippen molar-refractivity contribution in [2.45, 2.75) is 6.92 Å². The lowest BCUT2D eigenvalue weighted by Gasteiger charge is -2.05. The van der Waals surface area contributed by atoms with E-state index in [9.17, 15) is 14.0 Å². The van der Waals surface area contributed by atoms with Gasteiger partial charge in [0.25, 0.3) is 5.91 Å². The molecule has 1 heterocycles. The maximum atomic E-state index is 13.1. The van der Waals surface area contributed by atoms with Gasteiger partial charge in [0, 0.05) is 29.6 Å². The zero-order valence-electron chi connectivity index (χ0n) is 14.4. The number of carbonyl (C=O) groups is 2.